The summed E-state index contributed by atoms with van der Waals surface area (Å²) in [6.07, 6.45) is -3.44. The van der Waals surface area contributed by atoms with Gasteiger partial charge in [0.25, 0.3) is 6.43 Å². The van der Waals surface area contributed by atoms with Gasteiger partial charge in [0, 0.05) is 0 Å². The van der Waals surface area contributed by atoms with Gasteiger partial charge in [0.2, 0.25) is 0 Å². The van der Waals surface area contributed by atoms with Crippen LogP contribution >= 0.6 is 0 Å². The molecule has 0 aromatic carbocycles. The molecule has 0 saturated carbocycles. The van der Waals surface area contributed by atoms with E-state index < -0.39 is 35.6 Å². The van der Waals surface area contributed by atoms with Crippen LogP contribution in [0.25, 0.3) is 0 Å². The van der Waals surface area contributed by atoms with E-state index in [4.69, 9.17) is 10.5 Å². The van der Waals surface area contributed by atoms with Crippen molar-refractivity contribution in [3.05, 3.63) is 0 Å². The molecule has 0 aromatic heterocycles. The number of ether oxygens (including phenoxy) is 1. The first-order chi connectivity index (χ1) is 7.84. The molecule has 2 atom stereocenters. The summed E-state index contributed by atoms with van der Waals surface area (Å²) >= 11 is 0. The van der Waals surface area contributed by atoms with E-state index in [-0.39, 0.29) is 0 Å². The molecule has 3 N–H and O–H groups in total. The summed E-state index contributed by atoms with van der Waals surface area (Å²) in [5.74, 6) is 0. The van der Waals surface area contributed by atoms with Gasteiger partial charge in [-0.1, -0.05) is 20.8 Å². The normalized spacial score (nSPS) is 16.3. The molecule has 4 nitrogen and oxygen atoms in total. The molecule has 0 heterocycles. The van der Waals surface area contributed by atoms with Crippen LogP contribution in [-0.4, -0.2) is 30.2 Å². The SMILES string of the molecule is CC(C)(C)OC(=O)NC(C(N)C(F)F)C(C)(C)C. The molecule has 0 fully saturated rings. The van der Waals surface area contributed by atoms with E-state index in [9.17, 15) is 13.6 Å². The number of carbonyl (C=O) groups is 1. The lowest BCUT2D eigenvalue weighted by Crippen LogP contribution is -2.58. The monoisotopic (exact) mass is 266 g/mol. The van der Waals surface area contributed by atoms with Crippen LogP contribution in [0.1, 0.15) is 41.5 Å². The second-order valence-electron chi connectivity index (χ2n) is 6.40. The third kappa shape index (κ3) is 6.14. The van der Waals surface area contributed by atoms with E-state index in [2.05, 4.69) is 5.32 Å². The van der Waals surface area contributed by atoms with Crippen molar-refractivity contribution in [2.45, 2.75) is 65.7 Å². The fraction of sp³-hybridized carbons (Fsp3) is 0.917. The molecule has 0 aliphatic heterocycles. The first-order valence-corrected chi connectivity index (χ1v) is 5.88. The zero-order chi connectivity index (χ0) is 14.7. The maximum Gasteiger partial charge on any atom is 0.407 e. The molecule has 0 aliphatic carbocycles. The molecule has 6 heteroatoms. The Kier molecular flexibility index (Phi) is 5.53. The van der Waals surface area contributed by atoms with Crippen molar-refractivity contribution in [1.29, 1.82) is 0 Å². The molecule has 18 heavy (non-hydrogen) atoms. The summed E-state index contributed by atoms with van der Waals surface area (Å²) in [6.45, 7) is 10.3. The largest absolute Gasteiger partial charge is 0.444 e. The van der Waals surface area contributed by atoms with Crippen LogP contribution in [-0.2, 0) is 4.74 Å². The molecule has 0 aliphatic rings. The average molecular weight is 266 g/mol. The molecule has 0 aromatic rings. The van der Waals surface area contributed by atoms with Crippen molar-refractivity contribution in [1.82, 2.24) is 5.32 Å². The summed E-state index contributed by atoms with van der Waals surface area (Å²) in [7, 11) is 0. The lowest BCUT2D eigenvalue weighted by atomic mass is 9.82. The van der Waals surface area contributed by atoms with Crippen molar-refractivity contribution in [3.63, 3.8) is 0 Å². The summed E-state index contributed by atoms with van der Waals surface area (Å²) in [6, 6.07) is -2.30. The summed E-state index contributed by atoms with van der Waals surface area (Å²) in [5.41, 5.74) is 4.17. The highest BCUT2D eigenvalue weighted by atomic mass is 19.3. The highest BCUT2D eigenvalue weighted by Crippen LogP contribution is 2.24. The van der Waals surface area contributed by atoms with Gasteiger partial charge < -0.3 is 15.8 Å². The van der Waals surface area contributed by atoms with Crippen molar-refractivity contribution < 1.29 is 18.3 Å². The zero-order valence-electron chi connectivity index (χ0n) is 11.9. The molecule has 2 unspecified atom stereocenters. The molecule has 1 amide bonds. The molecular weight excluding hydrogens is 242 g/mol. The Morgan fingerprint density at radius 3 is 1.89 bits per heavy atom. The second kappa shape index (κ2) is 5.82. The molecule has 108 valence electrons. The number of alkyl halides is 2. The molecule has 0 rings (SSSR count). The average Bonchev–Trinajstić information content (AvgIpc) is 2.08. The highest BCUT2D eigenvalue weighted by Gasteiger charge is 2.37. The minimum Gasteiger partial charge on any atom is -0.444 e. The number of hydrogen-bond acceptors (Lipinski definition) is 3. The minimum atomic E-state index is -2.70. The van der Waals surface area contributed by atoms with E-state index in [1.165, 1.54) is 0 Å². The fourth-order valence-electron chi connectivity index (χ4n) is 1.47. The Hall–Kier alpha value is -0.910. The van der Waals surface area contributed by atoms with Crippen molar-refractivity contribution in [2.75, 3.05) is 0 Å². The van der Waals surface area contributed by atoms with Crippen LogP contribution in [0.3, 0.4) is 0 Å². The number of nitrogens with two attached hydrogens (primary N) is 1. The van der Waals surface area contributed by atoms with Gasteiger partial charge in [0.15, 0.2) is 0 Å². The molecule has 0 radical (unpaired) electrons. The third-order valence-corrected chi connectivity index (χ3v) is 2.28. The topological polar surface area (TPSA) is 64.3 Å². The number of nitrogens with one attached hydrogen (secondary N) is 1. The minimum absolute atomic E-state index is 0.591. The Bertz CT molecular complexity index is 283. The summed E-state index contributed by atoms with van der Waals surface area (Å²) < 4.78 is 30.4. The number of amides is 1. The number of rotatable bonds is 3. The Morgan fingerprint density at radius 2 is 1.61 bits per heavy atom. The Labute approximate surface area is 107 Å². The van der Waals surface area contributed by atoms with E-state index in [1.807, 2.05) is 0 Å². The molecular formula is C12H24F2N2O2. The predicted molar refractivity (Wildman–Crippen MR) is 66.6 cm³/mol. The van der Waals surface area contributed by atoms with Crippen LogP contribution in [0.15, 0.2) is 0 Å². The number of alkyl carbamates (subject to hydrolysis) is 1. The van der Waals surface area contributed by atoms with Crippen molar-refractivity contribution >= 4 is 6.09 Å². The predicted octanol–water partition coefficient (Wildman–Crippen LogP) is 2.52. The summed E-state index contributed by atoms with van der Waals surface area (Å²) in [5, 5.41) is 2.43. The molecule has 0 spiro atoms. The first kappa shape index (κ1) is 17.1. The van der Waals surface area contributed by atoms with E-state index in [1.54, 1.807) is 41.5 Å². The van der Waals surface area contributed by atoms with Gasteiger partial charge in [0.05, 0.1) is 12.1 Å². The van der Waals surface area contributed by atoms with Gasteiger partial charge in [-0.25, -0.2) is 13.6 Å². The quantitative estimate of drug-likeness (QED) is 0.825. The van der Waals surface area contributed by atoms with E-state index >= 15 is 0 Å². The van der Waals surface area contributed by atoms with Crippen LogP contribution in [0, 0.1) is 5.41 Å². The van der Waals surface area contributed by atoms with Gasteiger partial charge in [0.1, 0.15) is 5.60 Å². The van der Waals surface area contributed by atoms with Gasteiger partial charge in [-0.15, -0.1) is 0 Å². The van der Waals surface area contributed by atoms with Gasteiger partial charge in [-0.05, 0) is 26.2 Å². The maximum atomic E-state index is 12.7. The smallest absolute Gasteiger partial charge is 0.407 e. The second-order valence-corrected chi connectivity index (χ2v) is 6.40. The van der Waals surface area contributed by atoms with Crippen molar-refractivity contribution in [2.24, 2.45) is 11.1 Å². The van der Waals surface area contributed by atoms with Gasteiger partial charge >= 0.3 is 6.09 Å². The van der Waals surface area contributed by atoms with Gasteiger partial charge in [-0.3, -0.25) is 0 Å². The van der Waals surface area contributed by atoms with E-state index in [0.717, 1.165) is 0 Å². The standard InChI is InChI=1S/C12H24F2N2O2/c1-11(2,3)8(7(15)9(13)14)16-10(17)18-12(4,5)6/h7-9H,15H2,1-6H3,(H,16,17). The number of hydrogen-bond donors (Lipinski definition) is 2. The van der Waals surface area contributed by atoms with Crippen LogP contribution in [0.2, 0.25) is 0 Å². The third-order valence-electron chi connectivity index (χ3n) is 2.28. The van der Waals surface area contributed by atoms with Crippen molar-refractivity contribution in [3.8, 4) is 0 Å². The molecule has 0 bridgehead atoms. The Balaban J connectivity index is 4.77. The van der Waals surface area contributed by atoms with Crippen LogP contribution in [0.4, 0.5) is 13.6 Å². The highest BCUT2D eigenvalue weighted by molar-refractivity contribution is 5.68. The molecule has 0 saturated heterocycles. The van der Waals surface area contributed by atoms with Gasteiger partial charge in [-0.2, -0.15) is 0 Å². The van der Waals surface area contributed by atoms with Crippen LogP contribution in [0.5, 0.6) is 0 Å². The zero-order valence-corrected chi connectivity index (χ0v) is 11.9. The maximum absolute atomic E-state index is 12.7. The lowest BCUT2D eigenvalue weighted by molar-refractivity contribution is 0.0333. The Morgan fingerprint density at radius 1 is 1.17 bits per heavy atom. The number of carbonyl (C=O) groups excluding carboxylic acids is 1. The first-order valence-electron chi connectivity index (χ1n) is 5.88. The van der Waals surface area contributed by atoms with Crippen LogP contribution < -0.4 is 11.1 Å². The number of halogens is 2. The van der Waals surface area contributed by atoms with E-state index in [0.29, 0.717) is 0 Å². The fourth-order valence-corrected chi connectivity index (χ4v) is 1.47. The lowest BCUT2D eigenvalue weighted by Gasteiger charge is -2.35. The summed E-state index contributed by atoms with van der Waals surface area (Å²) in [4.78, 5) is 11.6.